The summed E-state index contributed by atoms with van der Waals surface area (Å²) in [4.78, 5) is 22.9. The third-order valence-corrected chi connectivity index (χ3v) is 2.89. The molecule has 7 heteroatoms. The third kappa shape index (κ3) is 5.83. The Morgan fingerprint density at radius 1 is 1.46 bits per heavy atom. The number of carbonyl (C=O) groups is 2. The monoisotopic (exact) mass is 335 g/mol. The van der Waals surface area contributed by atoms with Gasteiger partial charge in [-0.05, 0) is 39.0 Å². The largest absolute Gasteiger partial charge is 0.497 e. The van der Waals surface area contributed by atoms with Crippen LogP contribution >= 0.6 is 0 Å². The van der Waals surface area contributed by atoms with Crippen LogP contribution < -0.4 is 10.1 Å². The van der Waals surface area contributed by atoms with Crippen molar-refractivity contribution in [2.45, 2.75) is 26.8 Å². The summed E-state index contributed by atoms with van der Waals surface area (Å²) in [5, 5.41) is 7.66. The van der Waals surface area contributed by atoms with Gasteiger partial charge in [0.15, 0.2) is 0 Å². The summed E-state index contributed by atoms with van der Waals surface area (Å²) in [6.07, 6.45) is 3.65. The van der Waals surface area contributed by atoms with Crippen LogP contribution in [0.3, 0.4) is 0 Å². The predicted molar refractivity (Wildman–Crippen MR) is 90.4 cm³/mol. The van der Waals surface area contributed by atoms with Crippen LogP contribution in [0, 0.1) is 5.82 Å². The molecule has 6 nitrogen and oxygen atoms in total. The van der Waals surface area contributed by atoms with E-state index in [2.05, 4.69) is 10.4 Å². The van der Waals surface area contributed by atoms with Crippen molar-refractivity contribution in [1.29, 1.82) is 0 Å². The number of nitrogens with zero attached hydrogens (tertiary/aromatic N) is 2. The van der Waals surface area contributed by atoms with E-state index < -0.39 is 5.82 Å². The molecule has 130 valence electrons. The minimum atomic E-state index is -0.538. The zero-order chi connectivity index (χ0) is 18.1. The Bertz CT molecular complexity index is 642. The minimum Gasteiger partial charge on any atom is -0.497 e. The van der Waals surface area contributed by atoms with Crippen molar-refractivity contribution < 1.29 is 18.7 Å². The van der Waals surface area contributed by atoms with E-state index in [0.717, 1.165) is 5.01 Å². The van der Waals surface area contributed by atoms with Crippen LogP contribution in [-0.4, -0.2) is 42.7 Å². The van der Waals surface area contributed by atoms with Crippen molar-refractivity contribution in [2.24, 2.45) is 5.10 Å². The number of amides is 2. The highest BCUT2D eigenvalue weighted by molar-refractivity contribution is 6.09. The number of allylic oxidation sites excluding steroid dienone is 2. The van der Waals surface area contributed by atoms with Crippen molar-refractivity contribution in [1.82, 2.24) is 10.3 Å². The summed E-state index contributed by atoms with van der Waals surface area (Å²) in [6, 6.07) is 4.27. The maximum absolute atomic E-state index is 14.2. The van der Waals surface area contributed by atoms with E-state index in [1.807, 2.05) is 13.8 Å². The zero-order valence-electron chi connectivity index (χ0n) is 14.2. The van der Waals surface area contributed by atoms with Gasteiger partial charge in [-0.15, -0.1) is 0 Å². The fraction of sp³-hybridized carbons (Fsp3) is 0.353. The van der Waals surface area contributed by atoms with Gasteiger partial charge in [0.05, 0.1) is 12.8 Å². The molecule has 1 rings (SSSR count). The van der Waals surface area contributed by atoms with Crippen molar-refractivity contribution in [3.05, 3.63) is 41.7 Å². The van der Waals surface area contributed by atoms with Crippen LogP contribution in [0.2, 0.25) is 0 Å². The number of halogens is 1. The molecular weight excluding hydrogens is 313 g/mol. The summed E-state index contributed by atoms with van der Waals surface area (Å²) >= 11 is 0. The molecule has 0 saturated heterocycles. The lowest BCUT2D eigenvalue weighted by molar-refractivity contribution is -0.128. The van der Waals surface area contributed by atoms with Gasteiger partial charge < -0.3 is 10.1 Å². The summed E-state index contributed by atoms with van der Waals surface area (Å²) in [5.74, 6) is -0.515. The van der Waals surface area contributed by atoms with Crippen LogP contribution in [0.25, 0.3) is 0 Å². The van der Waals surface area contributed by atoms with Crippen LogP contribution in [0.4, 0.5) is 4.39 Å². The van der Waals surface area contributed by atoms with Crippen molar-refractivity contribution >= 4 is 18.0 Å². The lowest BCUT2D eigenvalue weighted by atomic mass is 10.1. The third-order valence-electron chi connectivity index (χ3n) is 2.89. The summed E-state index contributed by atoms with van der Waals surface area (Å²) < 4.78 is 19.2. The van der Waals surface area contributed by atoms with E-state index in [1.54, 1.807) is 25.1 Å². The molecule has 0 heterocycles. The highest BCUT2D eigenvalue weighted by Crippen LogP contribution is 2.17. The number of hydrogen-bond donors (Lipinski definition) is 1. The normalized spacial score (nSPS) is 11.7. The molecule has 0 fully saturated rings. The van der Waals surface area contributed by atoms with Gasteiger partial charge in [-0.2, -0.15) is 5.10 Å². The van der Waals surface area contributed by atoms with E-state index in [4.69, 9.17) is 4.74 Å². The molecule has 2 amide bonds. The highest BCUT2D eigenvalue weighted by atomic mass is 19.1. The molecule has 1 N–H and O–H groups in total. The quantitative estimate of drug-likeness (QED) is 0.449. The summed E-state index contributed by atoms with van der Waals surface area (Å²) in [5.41, 5.74) is 0.423. The molecule has 0 aliphatic rings. The molecule has 0 aliphatic heterocycles. The molecule has 24 heavy (non-hydrogen) atoms. The Morgan fingerprint density at radius 3 is 2.67 bits per heavy atom. The first-order chi connectivity index (χ1) is 11.4. The number of carbonyl (C=O) groups excluding carboxylic acids is 2. The van der Waals surface area contributed by atoms with E-state index >= 15 is 0 Å². The molecule has 0 atom stereocenters. The van der Waals surface area contributed by atoms with Crippen LogP contribution in [0.5, 0.6) is 5.75 Å². The second-order valence-electron chi connectivity index (χ2n) is 5.26. The van der Waals surface area contributed by atoms with Gasteiger partial charge in [-0.1, -0.05) is 6.08 Å². The fourth-order valence-corrected chi connectivity index (χ4v) is 1.91. The van der Waals surface area contributed by atoms with E-state index in [1.165, 1.54) is 19.2 Å². The number of hydrogen-bond acceptors (Lipinski definition) is 4. The lowest BCUT2D eigenvalue weighted by Crippen LogP contribution is -2.38. The molecule has 0 spiro atoms. The Kier molecular flexibility index (Phi) is 7.61. The number of ether oxygens (including phenoxy) is 1. The maximum Gasteiger partial charge on any atom is 0.242 e. The molecule has 0 saturated carbocycles. The highest BCUT2D eigenvalue weighted by Gasteiger charge is 2.13. The number of rotatable bonds is 8. The second kappa shape index (κ2) is 9.44. The van der Waals surface area contributed by atoms with Crippen LogP contribution in [0.15, 0.2) is 35.5 Å². The first kappa shape index (κ1) is 19.3. The van der Waals surface area contributed by atoms with E-state index in [-0.39, 0.29) is 29.8 Å². The SMILES string of the molecule is C/C=C\C(=N/N(C=O)CC(=O)NC(C)C)c1ccc(OC)cc1F. The van der Waals surface area contributed by atoms with Gasteiger partial charge in [0.1, 0.15) is 18.1 Å². The Labute approximate surface area is 141 Å². The van der Waals surface area contributed by atoms with Gasteiger partial charge >= 0.3 is 0 Å². The topological polar surface area (TPSA) is 71.0 Å². The molecule has 0 bridgehead atoms. The van der Waals surface area contributed by atoms with Crippen molar-refractivity contribution in [3.63, 3.8) is 0 Å². The second-order valence-corrected chi connectivity index (χ2v) is 5.26. The lowest BCUT2D eigenvalue weighted by Gasteiger charge is -2.15. The first-order valence-corrected chi connectivity index (χ1v) is 7.47. The molecule has 0 radical (unpaired) electrons. The van der Waals surface area contributed by atoms with Gasteiger partial charge in [-0.25, -0.2) is 9.40 Å². The Morgan fingerprint density at radius 2 is 2.17 bits per heavy atom. The number of hydrazone groups is 1. The smallest absolute Gasteiger partial charge is 0.242 e. The van der Waals surface area contributed by atoms with Gasteiger partial charge in [-0.3, -0.25) is 9.59 Å². The first-order valence-electron chi connectivity index (χ1n) is 7.47. The van der Waals surface area contributed by atoms with Gasteiger partial charge in [0, 0.05) is 17.7 Å². The minimum absolute atomic E-state index is 0.0518. The number of methoxy groups -OCH3 is 1. The summed E-state index contributed by atoms with van der Waals surface area (Å²) in [7, 11) is 1.44. The molecular formula is C17H22FN3O3. The number of nitrogens with one attached hydrogen (secondary N) is 1. The molecule has 1 aromatic carbocycles. The average Bonchev–Trinajstić information content (AvgIpc) is 2.52. The average molecular weight is 335 g/mol. The van der Waals surface area contributed by atoms with Crippen molar-refractivity contribution in [3.8, 4) is 5.75 Å². The summed E-state index contributed by atoms with van der Waals surface area (Å²) in [6.45, 7) is 5.11. The van der Waals surface area contributed by atoms with E-state index in [9.17, 15) is 14.0 Å². The van der Waals surface area contributed by atoms with Crippen LogP contribution in [0.1, 0.15) is 26.3 Å². The maximum atomic E-state index is 14.2. The van der Waals surface area contributed by atoms with Gasteiger partial charge in [0.25, 0.3) is 0 Å². The zero-order valence-corrected chi connectivity index (χ0v) is 14.2. The fourth-order valence-electron chi connectivity index (χ4n) is 1.91. The molecule has 1 aromatic rings. The Balaban J connectivity index is 3.10. The predicted octanol–water partition coefficient (Wildman–Crippen LogP) is 2.10. The van der Waals surface area contributed by atoms with E-state index in [0.29, 0.717) is 12.2 Å². The standard InChI is InChI=1S/C17H22FN3O3/c1-5-6-16(14-8-7-13(24-4)9-15(14)18)20-21(11-22)10-17(23)19-12(2)3/h5-9,11-12H,10H2,1-4H3,(H,19,23)/b6-5-,20-16+. The number of benzene rings is 1. The molecule has 0 unspecified atom stereocenters. The van der Waals surface area contributed by atoms with Crippen LogP contribution in [-0.2, 0) is 9.59 Å². The Hall–Kier alpha value is -2.70. The van der Waals surface area contributed by atoms with Gasteiger partial charge in [0.2, 0.25) is 12.3 Å². The molecule has 0 aromatic heterocycles. The molecule has 0 aliphatic carbocycles. The van der Waals surface area contributed by atoms with Crippen molar-refractivity contribution in [2.75, 3.05) is 13.7 Å².